The Morgan fingerprint density at radius 3 is 1.60 bits per heavy atom. The fourth-order valence-electron chi connectivity index (χ4n) is 1.02. The van der Waals surface area contributed by atoms with Crippen molar-refractivity contribution in [2.45, 2.75) is 67.7 Å². The number of rotatable bonds is 0. The second kappa shape index (κ2) is 13.6. The van der Waals surface area contributed by atoms with Crippen LogP contribution < -0.4 is 0 Å². The normalized spacial score (nSPS) is 9.60. The monoisotopic (exact) mass is 529 g/mol. The van der Waals surface area contributed by atoms with Gasteiger partial charge >= 0.3 is 0 Å². The molecule has 0 saturated heterocycles. The average molecular weight is 529 g/mol. The van der Waals surface area contributed by atoms with E-state index in [4.69, 9.17) is 4.52 Å². The van der Waals surface area contributed by atoms with E-state index in [2.05, 4.69) is 53.6 Å². The molecule has 2 N–H and O–H groups in total. The molecular formula is C15H32N2OWY-2. The summed E-state index contributed by atoms with van der Waals surface area (Å²) in [6.07, 6.45) is 2.81. The Morgan fingerprint density at radius 2 is 1.50 bits per heavy atom. The molecule has 0 fully saturated rings. The predicted molar refractivity (Wildman–Crippen MR) is 81.4 cm³/mol. The van der Waals surface area contributed by atoms with Gasteiger partial charge in [0.15, 0.2) is 0 Å². The second-order valence-corrected chi connectivity index (χ2v) is 6.36. The first kappa shape index (κ1) is 32.8. The number of hydrogen-bond acceptors (Lipinski definition) is 2. The number of nitrogens with two attached hydrogens (primary N) is 1. The molecule has 119 valence electrons. The van der Waals surface area contributed by atoms with Crippen LogP contribution in [0.15, 0.2) is 10.7 Å². The van der Waals surface area contributed by atoms with Gasteiger partial charge in [0, 0.05) is 59.3 Å². The summed E-state index contributed by atoms with van der Waals surface area (Å²) in [6, 6.07) is 0. The molecule has 0 aromatic carbocycles. The molecule has 20 heavy (non-hydrogen) atoms. The molecule has 5 heteroatoms. The van der Waals surface area contributed by atoms with E-state index in [0.717, 1.165) is 12.2 Å². The van der Waals surface area contributed by atoms with Gasteiger partial charge in [-0.05, 0) is 12.3 Å². The van der Waals surface area contributed by atoms with Gasteiger partial charge in [0.05, 0.1) is 6.20 Å². The quantitative estimate of drug-likeness (QED) is 0.394. The number of hydrogen-bond donors (Lipinski definition) is 0. The largest absolute Gasteiger partial charge is 0.693 e. The first-order valence-corrected chi connectivity index (χ1v) is 5.79. The molecule has 0 spiro atoms. The molecular weight excluding hydrogens is 497 g/mol. The maximum Gasteiger partial charge on any atom is 0.137 e. The molecule has 1 heterocycles. The SMILES string of the molecule is C.Cc1oncc1C(C)(C)C.[CH2-]CC(C)(C)C.[NH2-].[W].[Y]. The predicted octanol–water partition coefficient (Wildman–Crippen LogP) is 5.89. The van der Waals surface area contributed by atoms with Crippen molar-refractivity contribution in [1.29, 1.82) is 0 Å². The molecule has 1 radical (unpaired) electrons. The first-order valence-electron chi connectivity index (χ1n) is 5.79. The zero-order valence-electron chi connectivity index (χ0n) is 13.4. The minimum Gasteiger partial charge on any atom is -0.693 e. The van der Waals surface area contributed by atoms with Crippen molar-refractivity contribution in [2.24, 2.45) is 5.41 Å². The van der Waals surface area contributed by atoms with Gasteiger partial charge < -0.3 is 17.6 Å². The molecule has 0 aliphatic heterocycles. The van der Waals surface area contributed by atoms with Gasteiger partial charge in [-0.3, -0.25) is 0 Å². The molecule has 3 nitrogen and oxygen atoms in total. The van der Waals surface area contributed by atoms with E-state index in [1.54, 1.807) is 6.20 Å². The molecule has 1 rings (SSSR count). The minimum atomic E-state index is 0. The van der Waals surface area contributed by atoms with Crippen molar-refractivity contribution in [3.05, 3.63) is 30.6 Å². The van der Waals surface area contributed by atoms with E-state index in [9.17, 15) is 0 Å². The Balaban J connectivity index is -0.0000000679. The van der Waals surface area contributed by atoms with E-state index in [1.807, 2.05) is 6.92 Å². The smallest absolute Gasteiger partial charge is 0.137 e. The summed E-state index contributed by atoms with van der Waals surface area (Å²) in [4.78, 5) is 0. The van der Waals surface area contributed by atoms with Crippen LogP contribution in [0.25, 0.3) is 6.15 Å². The van der Waals surface area contributed by atoms with Crippen molar-refractivity contribution >= 4 is 0 Å². The summed E-state index contributed by atoms with van der Waals surface area (Å²) in [5.41, 5.74) is 1.77. The molecule has 0 amide bonds. The standard InChI is InChI=1S/C8H13NO.C6H13.CH4.H2N.W.Y/c1-6-7(5-9-10-6)8(2,3)4;1-5-6(2,3)4;;;;/h5H,1-4H3;1,5H2,2-4H3;1H4;1H2;;/q;-1;;-1;;. The van der Waals surface area contributed by atoms with Crippen LogP contribution in [0.1, 0.15) is 66.7 Å². The Bertz CT molecular complexity index is 314. The first-order chi connectivity index (χ1) is 7.08. The number of aryl methyl sites for hydroxylation is 1. The van der Waals surface area contributed by atoms with Crippen LogP contribution in [0.4, 0.5) is 0 Å². The van der Waals surface area contributed by atoms with Crippen molar-refractivity contribution in [3.63, 3.8) is 0 Å². The van der Waals surface area contributed by atoms with Crippen LogP contribution in [-0.4, -0.2) is 5.16 Å². The van der Waals surface area contributed by atoms with Gasteiger partial charge in [-0.15, -0.1) is 0 Å². The average Bonchev–Trinajstić information content (AvgIpc) is 2.50. The zero-order chi connectivity index (χ0) is 13.0. The third kappa shape index (κ3) is 15.4. The van der Waals surface area contributed by atoms with Gasteiger partial charge in [0.2, 0.25) is 0 Å². The van der Waals surface area contributed by atoms with E-state index in [1.165, 1.54) is 5.56 Å². The summed E-state index contributed by atoms with van der Waals surface area (Å²) in [5.74, 6) is 0.924. The molecule has 0 bridgehead atoms. The van der Waals surface area contributed by atoms with Crippen LogP contribution >= 0.6 is 0 Å². The minimum absolute atomic E-state index is 0. The Kier molecular flexibility index (Phi) is 22.3. The second-order valence-electron chi connectivity index (χ2n) is 6.36. The topological polar surface area (TPSA) is 59.5 Å². The Labute approximate surface area is 166 Å². The summed E-state index contributed by atoms with van der Waals surface area (Å²) in [5, 5.41) is 3.71. The van der Waals surface area contributed by atoms with Gasteiger partial charge in [-0.1, -0.05) is 59.5 Å². The van der Waals surface area contributed by atoms with Crippen LogP contribution in [0.3, 0.4) is 0 Å². The summed E-state index contributed by atoms with van der Waals surface area (Å²) in [6.45, 7) is 18.7. The van der Waals surface area contributed by atoms with Crippen LogP contribution in [0.5, 0.6) is 0 Å². The van der Waals surface area contributed by atoms with E-state index in [0.29, 0.717) is 5.41 Å². The molecule has 0 unspecified atom stereocenters. The maximum atomic E-state index is 4.94. The molecule has 0 aliphatic rings. The molecule has 0 saturated carbocycles. The van der Waals surface area contributed by atoms with Gasteiger partial charge in [-0.2, -0.15) is 6.42 Å². The maximum absolute atomic E-state index is 4.94. The van der Waals surface area contributed by atoms with Crippen molar-refractivity contribution in [3.8, 4) is 0 Å². The zero-order valence-corrected chi connectivity index (χ0v) is 19.2. The van der Waals surface area contributed by atoms with E-state index >= 15 is 0 Å². The molecule has 0 atom stereocenters. The number of nitrogens with zero attached hydrogens (tertiary/aromatic N) is 1. The third-order valence-corrected chi connectivity index (χ3v) is 2.31. The summed E-state index contributed by atoms with van der Waals surface area (Å²) < 4.78 is 4.94. The van der Waals surface area contributed by atoms with Gasteiger partial charge in [0.25, 0.3) is 0 Å². The summed E-state index contributed by atoms with van der Waals surface area (Å²) in [7, 11) is 0. The van der Waals surface area contributed by atoms with Gasteiger partial charge in [0.1, 0.15) is 5.76 Å². The van der Waals surface area contributed by atoms with Crippen molar-refractivity contribution in [1.82, 2.24) is 5.16 Å². The van der Waals surface area contributed by atoms with Crippen LogP contribution in [-0.2, 0) is 59.2 Å². The fourth-order valence-corrected chi connectivity index (χ4v) is 1.02. The number of aromatic nitrogens is 1. The van der Waals surface area contributed by atoms with Gasteiger partial charge in [-0.25, -0.2) is 0 Å². The van der Waals surface area contributed by atoms with Crippen molar-refractivity contribution in [2.75, 3.05) is 0 Å². The summed E-state index contributed by atoms with van der Waals surface area (Å²) >= 11 is 0. The van der Waals surface area contributed by atoms with Crippen LogP contribution in [0.2, 0.25) is 0 Å². The van der Waals surface area contributed by atoms with Crippen LogP contribution in [0, 0.1) is 19.3 Å². The fraction of sp³-hybridized carbons (Fsp3) is 0.733. The van der Waals surface area contributed by atoms with E-state index in [-0.39, 0.29) is 72.8 Å². The Hall–Kier alpha value is 0.962. The van der Waals surface area contributed by atoms with Crippen molar-refractivity contribution < 1.29 is 58.3 Å². The molecule has 0 aliphatic carbocycles. The Morgan fingerprint density at radius 1 is 1.15 bits per heavy atom. The third-order valence-electron chi connectivity index (χ3n) is 2.31. The molecule has 1 aromatic rings. The van der Waals surface area contributed by atoms with E-state index < -0.39 is 0 Å². The molecule has 1 aromatic heterocycles.